The van der Waals surface area contributed by atoms with Gasteiger partial charge in [-0.15, -0.1) is 16.4 Å². The third-order valence-corrected chi connectivity index (χ3v) is 7.12. The van der Waals surface area contributed by atoms with Gasteiger partial charge < -0.3 is 4.74 Å². The van der Waals surface area contributed by atoms with Crippen LogP contribution in [0.3, 0.4) is 0 Å². The van der Waals surface area contributed by atoms with E-state index in [0.29, 0.717) is 5.41 Å². The topological polar surface area (TPSA) is 52.3 Å². The highest BCUT2D eigenvalue weighted by Gasteiger charge is 2.31. The average Bonchev–Trinajstić information content (AvgIpc) is 3.27. The zero-order valence-corrected chi connectivity index (χ0v) is 17.5. The van der Waals surface area contributed by atoms with E-state index < -0.39 is 0 Å². The molecule has 1 aliphatic carbocycles. The van der Waals surface area contributed by atoms with E-state index in [2.05, 4.69) is 25.9 Å². The summed E-state index contributed by atoms with van der Waals surface area (Å²) in [6.45, 7) is 7.06. The largest absolute Gasteiger partial charge is 0.497 e. The molecule has 6 heteroatoms. The van der Waals surface area contributed by atoms with Crippen molar-refractivity contribution in [3.8, 4) is 17.1 Å². The number of aryl methyl sites for hydroxylation is 1. The van der Waals surface area contributed by atoms with Crippen molar-refractivity contribution in [3.63, 3.8) is 0 Å². The van der Waals surface area contributed by atoms with Crippen molar-refractivity contribution in [2.45, 2.75) is 40.0 Å². The van der Waals surface area contributed by atoms with Crippen molar-refractivity contribution in [1.82, 2.24) is 19.6 Å². The highest BCUT2D eigenvalue weighted by atomic mass is 32.1. The maximum Gasteiger partial charge on any atom is 0.182 e. The summed E-state index contributed by atoms with van der Waals surface area (Å²) >= 11 is 1.84. The van der Waals surface area contributed by atoms with Gasteiger partial charge in [0.15, 0.2) is 11.5 Å². The number of fused-ring (bicyclic) bond motifs is 5. The molecule has 0 saturated carbocycles. The summed E-state index contributed by atoms with van der Waals surface area (Å²) in [4.78, 5) is 12.2. The molecule has 5 rings (SSSR count). The Hall–Kier alpha value is -2.47. The van der Waals surface area contributed by atoms with Gasteiger partial charge in [-0.3, -0.25) is 0 Å². The number of hydrogen-bond acceptors (Lipinski definition) is 5. The summed E-state index contributed by atoms with van der Waals surface area (Å²) in [5.74, 6) is 2.27. The van der Waals surface area contributed by atoms with Crippen molar-refractivity contribution in [2.75, 3.05) is 7.11 Å². The van der Waals surface area contributed by atoms with Crippen LogP contribution in [0, 0.1) is 11.3 Å². The van der Waals surface area contributed by atoms with E-state index in [9.17, 15) is 0 Å². The van der Waals surface area contributed by atoms with Crippen LogP contribution in [0.1, 0.15) is 37.6 Å². The van der Waals surface area contributed by atoms with E-state index in [1.54, 1.807) is 13.4 Å². The van der Waals surface area contributed by atoms with Crippen molar-refractivity contribution in [2.24, 2.45) is 11.3 Å². The van der Waals surface area contributed by atoms with E-state index in [-0.39, 0.29) is 0 Å². The quantitative estimate of drug-likeness (QED) is 0.472. The number of benzene rings is 1. The highest BCUT2D eigenvalue weighted by Crippen LogP contribution is 2.43. The molecule has 0 bridgehead atoms. The van der Waals surface area contributed by atoms with Gasteiger partial charge in [0.2, 0.25) is 0 Å². The van der Waals surface area contributed by atoms with Crippen molar-refractivity contribution in [1.29, 1.82) is 0 Å². The van der Waals surface area contributed by atoms with Crippen LogP contribution in [0.4, 0.5) is 0 Å². The van der Waals surface area contributed by atoms with Crippen LogP contribution in [0.2, 0.25) is 0 Å². The van der Waals surface area contributed by atoms with Crippen molar-refractivity contribution < 1.29 is 4.74 Å². The second-order valence-electron chi connectivity index (χ2n) is 8.67. The molecule has 1 aliphatic rings. The van der Waals surface area contributed by atoms with Gasteiger partial charge in [-0.25, -0.2) is 14.5 Å². The molecule has 0 saturated heterocycles. The average molecular weight is 393 g/mol. The number of ether oxygens (including phenoxy) is 1. The Morgan fingerprint density at radius 3 is 2.68 bits per heavy atom. The summed E-state index contributed by atoms with van der Waals surface area (Å²) in [5.41, 5.74) is 3.68. The molecule has 144 valence electrons. The van der Waals surface area contributed by atoms with E-state index in [1.807, 2.05) is 40.1 Å². The number of methoxy groups -OCH3 is 1. The SMILES string of the molecule is COc1ccc(-c2nc3c4c5c(sc4ncn3n2)CC(C(C)(C)C)CC5)cc1. The van der Waals surface area contributed by atoms with E-state index in [4.69, 9.17) is 14.7 Å². The van der Waals surface area contributed by atoms with Gasteiger partial charge in [0, 0.05) is 10.4 Å². The van der Waals surface area contributed by atoms with Crippen molar-refractivity contribution in [3.05, 3.63) is 41.0 Å². The van der Waals surface area contributed by atoms with Crippen molar-refractivity contribution >= 4 is 27.2 Å². The standard InChI is InChI=1S/C22H24N4OS/c1-22(2,3)14-7-10-16-17(11-14)28-21-18(16)20-24-19(25-26(20)12-23-21)13-5-8-15(27-4)9-6-13/h5-6,8-9,12,14H,7,10-11H2,1-4H3. The first-order valence-electron chi connectivity index (χ1n) is 9.74. The lowest BCUT2D eigenvalue weighted by Gasteiger charge is -2.33. The zero-order chi connectivity index (χ0) is 19.5. The maximum atomic E-state index is 5.25. The molecule has 1 unspecified atom stereocenters. The fourth-order valence-electron chi connectivity index (χ4n) is 4.18. The first-order chi connectivity index (χ1) is 13.4. The fraction of sp³-hybridized carbons (Fsp3) is 0.409. The van der Waals surface area contributed by atoms with E-state index in [0.717, 1.165) is 46.4 Å². The maximum absolute atomic E-state index is 5.25. The van der Waals surface area contributed by atoms with E-state index in [1.165, 1.54) is 22.2 Å². The highest BCUT2D eigenvalue weighted by molar-refractivity contribution is 7.19. The van der Waals surface area contributed by atoms with Crippen LogP contribution in [-0.4, -0.2) is 26.7 Å². The van der Waals surface area contributed by atoms with Gasteiger partial charge in [0.05, 0.1) is 12.5 Å². The molecule has 0 aliphatic heterocycles. The van der Waals surface area contributed by atoms with Crippen LogP contribution < -0.4 is 4.74 Å². The minimum absolute atomic E-state index is 0.340. The van der Waals surface area contributed by atoms with Gasteiger partial charge in [0.1, 0.15) is 16.9 Å². The van der Waals surface area contributed by atoms with Gasteiger partial charge in [-0.1, -0.05) is 20.8 Å². The molecule has 3 aromatic heterocycles. The van der Waals surface area contributed by atoms with Crippen LogP contribution in [-0.2, 0) is 12.8 Å². The first kappa shape index (κ1) is 17.6. The molecule has 4 aromatic rings. The predicted octanol–water partition coefficient (Wildman–Crippen LogP) is 5.17. The zero-order valence-electron chi connectivity index (χ0n) is 16.7. The van der Waals surface area contributed by atoms with Crippen LogP contribution in [0.5, 0.6) is 5.75 Å². The molecule has 0 N–H and O–H groups in total. The molecular formula is C22H24N4OS. The van der Waals surface area contributed by atoms with Crippen LogP contribution in [0.25, 0.3) is 27.3 Å². The molecule has 3 heterocycles. The summed E-state index contributed by atoms with van der Waals surface area (Å²) in [6.07, 6.45) is 5.26. The summed E-state index contributed by atoms with van der Waals surface area (Å²) < 4.78 is 7.08. The Kier molecular flexibility index (Phi) is 3.95. The lowest BCUT2D eigenvalue weighted by Crippen LogP contribution is -2.26. The molecule has 1 aromatic carbocycles. The Morgan fingerprint density at radius 2 is 1.96 bits per heavy atom. The number of nitrogens with zero attached hydrogens (tertiary/aromatic N) is 4. The van der Waals surface area contributed by atoms with Gasteiger partial charge >= 0.3 is 0 Å². The Morgan fingerprint density at radius 1 is 1.18 bits per heavy atom. The summed E-state index contributed by atoms with van der Waals surface area (Å²) in [6, 6.07) is 7.87. The molecule has 0 fully saturated rings. The molecule has 0 amide bonds. The second-order valence-corrected chi connectivity index (χ2v) is 9.75. The smallest absolute Gasteiger partial charge is 0.182 e. The van der Waals surface area contributed by atoms with Gasteiger partial charge in [-0.05, 0) is 60.4 Å². The Labute approximate surface area is 168 Å². The predicted molar refractivity (Wildman–Crippen MR) is 113 cm³/mol. The first-order valence-corrected chi connectivity index (χ1v) is 10.6. The minimum atomic E-state index is 0.340. The van der Waals surface area contributed by atoms with Gasteiger partial charge in [-0.2, -0.15) is 0 Å². The number of thiophene rings is 1. The Balaban J connectivity index is 1.62. The molecule has 0 spiro atoms. The normalized spacial score (nSPS) is 17.2. The number of rotatable bonds is 2. The second kappa shape index (κ2) is 6.27. The minimum Gasteiger partial charge on any atom is -0.497 e. The Bertz CT molecular complexity index is 1170. The van der Waals surface area contributed by atoms with E-state index >= 15 is 0 Å². The summed E-state index contributed by atoms with van der Waals surface area (Å²) in [5, 5.41) is 5.87. The molecule has 5 nitrogen and oxygen atoms in total. The van der Waals surface area contributed by atoms with Gasteiger partial charge in [0.25, 0.3) is 0 Å². The number of hydrogen-bond donors (Lipinski definition) is 0. The van der Waals surface area contributed by atoms with Crippen LogP contribution in [0.15, 0.2) is 30.6 Å². The molecule has 1 atom stereocenters. The third-order valence-electron chi connectivity index (χ3n) is 5.96. The molecule has 0 radical (unpaired) electrons. The van der Waals surface area contributed by atoms with Crippen LogP contribution >= 0.6 is 11.3 Å². The third kappa shape index (κ3) is 2.78. The molecular weight excluding hydrogens is 368 g/mol. The lowest BCUT2D eigenvalue weighted by atomic mass is 9.72. The number of aromatic nitrogens is 4. The summed E-state index contributed by atoms with van der Waals surface area (Å²) in [7, 11) is 1.67. The molecule has 28 heavy (non-hydrogen) atoms. The monoisotopic (exact) mass is 392 g/mol. The fourth-order valence-corrected chi connectivity index (χ4v) is 5.44. The lowest BCUT2D eigenvalue weighted by molar-refractivity contribution is 0.218.